The lowest BCUT2D eigenvalue weighted by Gasteiger charge is -2.25. The molecule has 1 aromatic heterocycles. The monoisotopic (exact) mass is 220 g/mol. The van der Waals surface area contributed by atoms with Crippen LogP contribution in [0.1, 0.15) is 44.1 Å². The summed E-state index contributed by atoms with van der Waals surface area (Å²) in [6.07, 6.45) is 8.77. The van der Waals surface area contributed by atoms with Crippen LogP contribution in [-0.2, 0) is 0 Å². The third-order valence-corrected chi connectivity index (χ3v) is 3.22. The van der Waals surface area contributed by atoms with Gasteiger partial charge in [0.05, 0.1) is 0 Å². The second-order valence-electron chi connectivity index (χ2n) is 4.59. The predicted octanol–water partition coefficient (Wildman–Crippen LogP) is 1.89. The fourth-order valence-corrected chi connectivity index (χ4v) is 1.91. The molecule has 88 valence electrons. The summed E-state index contributed by atoms with van der Waals surface area (Å²) in [5, 5.41) is 3.24. The van der Waals surface area contributed by atoms with Crippen molar-refractivity contribution in [2.75, 3.05) is 11.9 Å². The zero-order chi connectivity index (χ0) is 11.4. The lowest BCUT2D eigenvalue weighted by molar-refractivity contribution is 0.418. The number of nitrogens with one attached hydrogen (secondary N) is 1. The summed E-state index contributed by atoms with van der Waals surface area (Å²) in [7, 11) is 0. The van der Waals surface area contributed by atoms with Gasteiger partial charge in [0.2, 0.25) is 5.95 Å². The van der Waals surface area contributed by atoms with Crippen LogP contribution < -0.4 is 11.1 Å². The molecule has 2 rings (SSSR count). The Balaban J connectivity index is 1.91. The molecule has 0 aromatic carbocycles. The second-order valence-corrected chi connectivity index (χ2v) is 4.59. The van der Waals surface area contributed by atoms with Crippen LogP contribution in [0, 0.1) is 0 Å². The average Bonchev–Trinajstić information content (AvgIpc) is 2.18. The molecule has 1 aliphatic carbocycles. The number of anilines is 1. The first kappa shape index (κ1) is 11.3. The molecule has 1 aromatic rings. The highest BCUT2D eigenvalue weighted by molar-refractivity contribution is 5.27. The molecule has 1 aliphatic rings. The van der Waals surface area contributed by atoms with Crippen LogP contribution in [0.15, 0.2) is 12.4 Å². The third kappa shape index (κ3) is 2.70. The number of nitrogens with two attached hydrogens (primary N) is 1. The van der Waals surface area contributed by atoms with Crippen LogP contribution in [-0.4, -0.2) is 22.6 Å². The summed E-state index contributed by atoms with van der Waals surface area (Å²) >= 11 is 0. The minimum Gasteiger partial charge on any atom is -0.352 e. The van der Waals surface area contributed by atoms with Gasteiger partial charge in [0.25, 0.3) is 0 Å². The van der Waals surface area contributed by atoms with Crippen LogP contribution in [0.5, 0.6) is 0 Å². The topological polar surface area (TPSA) is 63.8 Å². The van der Waals surface area contributed by atoms with E-state index in [0.29, 0.717) is 24.5 Å². The SMILES string of the molecule is CC(CCN)Nc1ncc(C2CCC2)cn1. The highest BCUT2D eigenvalue weighted by atomic mass is 15.1. The quantitative estimate of drug-likeness (QED) is 0.795. The van der Waals surface area contributed by atoms with Gasteiger partial charge in [-0.05, 0) is 44.2 Å². The van der Waals surface area contributed by atoms with Crippen molar-refractivity contribution in [1.82, 2.24) is 9.97 Å². The summed E-state index contributed by atoms with van der Waals surface area (Å²) in [5.74, 6) is 1.42. The average molecular weight is 220 g/mol. The second kappa shape index (κ2) is 5.25. The molecule has 1 saturated carbocycles. The summed E-state index contributed by atoms with van der Waals surface area (Å²) in [5.41, 5.74) is 6.77. The van der Waals surface area contributed by atoms with E-state index in [1.54, 1.807) is 0 Å². The van der Waals surface area contributed by atoms with Gasteiger partial charge in [-0.2, -0.15) is 0 Å². The fraction of sp³-hybridized carbons (Fsp3) is 0.667. The van der Waals surface area contributed by atoms with E-state index < -0.39 is 0 Å². The van der Waals surface area contributed by atoms with Crippen molar-refractivity contribution in [2.24, 2.45) is 5.73 Å². The largest absolute Gasteiger partial charge is 0.352 e. The Labute approximate surface area is 96.7 Å². The van der Waals surface area contributed by atoms with E-state index in [1.807, 2.05) is 12.4 Å². The van der Waals surface area contributed by atoms with Gasteiger partial charge in [-0.1, -0.05) is 6.42 Å². The molecule has 0 bridgehead atoms. The number of hydrogen-bond donors (Lipinski definition) is 2. The van der Waals surface area contributed by atoms with E-state index in [0.717, 1.165) is 6.42 Å². The zero-order valence-corrected chi connectivity index (χ0v) is 9.82. The maximum absolute atomic E-state index is 5.49. The van der Waals surface area contributed by atoms with Crippen molar-refractivity contribution in [3.63, 3.8) is 0 Å². The van der Waals surface area contributed by atoms with Crippen molar-refractivity contribution in [2.45, 2.75) is 44.6 Å². The zero-order valence-electron chi connectivity index (χ0n) is 9.82. The molecular weight excluding hydrogens is 200 g/mol. The summed E-state index contributed by atoms with van der Waals surface area (Å²) < 4.78 is 0. The van der Waals surface area contributed by atoms with Crippen molar-refractivity contribution in [3.8, 4) is 0 Å². The molecule has 1 unspecified atom stereocenters. The minimum absolute atomic E-state index is 0.333. The number of hydrogen-bond acceptors (Lipinski definition) is 4. The molecule has 0 saturated heterocycles. The summed E-state index contributed by atoms with van der Waals surface area (Å²) in [4.78, 5) is 8.68. The van der Waals surface area contributed by atoms with Crippen LogP contribution in [0.4, 0.5) is 5.95 Å². The molecule has 0 spiro atoms. The first-order chi connectivity index (χ1) is 7.79. The Kier molecular flexibility index (Phi) is 3.72. The molecule has 3 N–H and O–H groups in total. The number of aromatic nitrogens is 2. The Morgan fingerprint density at radius 3 is 2.62 bits per heavy atom. The van der Waals surface area contributed by atoms with Crippen molar-refractivity contribution in [1.29, 1.82) is 0 Å². The molecule has 1 heterocycles. The van der Waals surface area contributed by atoms with Gasteiger partial charge in [0, 0.05) is 18.4 Å². The first-order valence-corrected chi connectivity index (χ1v) is 6.08. The molecule has 1 fully saturated rings. The highest BCUT2D eigenvalue weighted by Gasteiger charge is 2.19. The lowest BCUT2D eigenvalue weighted by Crippen LogP contribution is -2.21. The molecular formula is C12H20N4. The van der Waals surface area contributed by atoms with Gasteiger partial charge in [-0.15, -0.1) is 0 Å². The van der Waals surface area contributed by atoms with Gasteiger partial charge in [-0.25, -0.2) is 9.97 Å². The molecule has 0 aliphatic heterocycles. The van der Waals surface area contributed by atoms with Crippen LogP contribution in [0.25, 0.3) is 0 Å². The van der Waals surface area contributed by atoms with Crippen LogP contribution in [0.2, 0.25) is 0 Å². The van der Waals surface area contributed by atoms with Crippen LogP contribution >= 0.6 is 0 Å². The molecule has 0 radical (unpaired) electrons. The van der Waals surface area contributed by atoms with Crippen LogP contribution in [0.3, 0.4) is 0 Å². The fourth-order valence-electron chi connectivity index (χ4n) is 1.91. The van der Waals surface area contributed by atoms with E-state index in [9.17, 15) is 0 Å². The maximum atomic E-state index is 5.49. The normalized spacial score (nSPS) is 17.9. The van der Waals surface area contributed by atoms with Crippen molar-refractivity contribution >= 4 is 5.95 Å². The Hall–Kier alpha value is -1.16. The Morgan fingerprint density at radius 1 is 1.44 bits per heavy atom. The molecule has 0 amide bonds. The Morgan fingerprint density at radius 2 is 2.12 bits per heavy atom. The minimum atomic E-state index is 0.333. The van der Waals surface area contributed by atoms with E-state index >= 15 is 0 Å². The van der Waals surface area contributed by atoms with E-state index in [1.165, 1.54) is 24.8 Å². The summed E-state index contributed by atoms with van der Waals surface area (Å²) in [6.45, 7) is 2.78. The van der Waals surface area contributed by atoms with Crippen molar-refractivity contribution < 1.29 is 0 Å². The molecule has 4 nitrogen and oxygen atoms in total. The van der Waals surface area contributed by atoms with Gasteiger partial charge >= 0.3 is 0 Å². The Bertz CT molecular complexity index is 318. The first-order valence-electron chi connectivity index (χ1n) is 6.08. The molecule has 4 heteroatoms. The van der Waals surface area contributed by atoms with E-state index in [4.69, 9.17) is 5.73 Å². The predicted molar refractivity (Wildman–Crippen MR) is 65.4 cm³/mol. The maximum Gasteiger partial charge on any atom is 0.222 e. The van der Waals surface area contributed by atoms with Gasteiger partial charge in [0.1, 0.15) is 0 Å². The highest BCUT2D eigenvalue weighted by Crippen LogP contribution is 2.35. The molecule has 16 heavy (non-hydrogen) atoms. The van der Waals surface area contributed by atoms with E-state index in [-0.39, 0.29) is 0 Å². The number of nitrogens with zero attached hydrogens (tertiary/aromatic N) is 2. The van der Waals surface area contributed by atoms with Gasteiger partial charge < -0.3 is 11.1 Å². The number of rotatable bonds is 5. The molecule has 1 atom stereocenters. The lowest BCUT2D eigenvalue weighted by atomic mass is 9.81. The van der Waals surface area contributed by atoms with Gasteiger partial charge in [-0.3, -0.25) is 0 Å². The summed E-state index contributed by atoms with van der Waals surface area (Å²) in [6, 6.07) is 0.333. The smallest absolute Gasteiger partial charge is 0.222 e. The standard InChI is InChI=1S/C12H20N4/c1-9(5-6-13)16-12-14-7-11(8-15-12)10-3-2-4-10/h7-10H,2-6,13H2,1H3,(H,14,15,16). The third-order valence-electron chi connectivity index (χ3n) is 3.22. The van der Waals surface area contributed by atoms with E-state index in [2.05, 4.69) is 22.2 Å². The van der Waals surface area contributed by atoms with Crippen molar-refractivity contribution in [3.05, 3.63) is 18.0 Å². The van der Waals surface area contributed by atoms with Gasteiger partial charge in [0.15, 0.2) is 0 Å².